The number of hydrogen-bond donors (Lipinski definition) is 0. The molecule has 0 spiro atoms. The van der Waals surface area contributed by atoms with Crippen LogP contribution in [0.3, 0.4) is 0 Å². The molecule has 1 heterocycles. The van der Waals surface area contributed by atoms with Gasteiger partial charge in [-0.15, -0.1) is 5.10 Å². The fraction of sp³-hybridized carbons (Fsp3) is 0.0909. The van der Waals surface area contributed by atoms with Crippen LogP contribution in [0.4, 0.5) is 5.69 Å². The molecule has 0 atom stereocenters. The number of rotatable bonds is 2. The van der Waals surface area contributed by atoms with Gasteiger partial charge in [-0.2, -0.15) is 5.26 Å². The number of carbonyl (C=O) groups excluding carboxylic acids is 1. The van der Waals surface area contributed by atoms with Crippen LogP contribution in [0.2, 0.25) is 0 Å². The molecule has 0 N–H and O–H groups in total. The van der Waals surface area contributed by atoms with Gasteiger partial charge in [0.25, 0.3) is 5.91 Å². The monoisotopic (exact) mass is 244 g/mol. The number of amides is 1. The van der Waals surface area contributed by atoms with Gasteiger partial charge in [0.1, 0.15) is 4.88 Å². The summed E-state index contributed by atoms with van der Waals surface area (Å²) < 4.78 is 3.65. The highest BCUT2D eigenvalue weighted by molar-refractivity contribution is 7.07. The van der Waals surface area contributed by atoms with Gasteiger partial charge in [-0.25, -0.2) is 0 Å². The number of aromatic nitrogens is 2. The Morgan fingerprint density at radius 3 is 2.65 bits per heavy atom. The standard InChI is InChI=1S/C11H8N4OS/c1-15(11(16)10-7-13-14-17-10)9-4-2-8(6-12)3-5-9/h2-5,7H,1H3. The number of hydrogen-bond acceptors (Lipinski definition) is 5. The molecule has 0 fully saturated rings. The lowest BCUT2D eigenvalue weighted by molar-refractivity contribution is 0.0996. The molecule has 0 aliphatic rings. The third-order valence-corrected chi connectivity index (χ3v) is 2.91. The molecule has 1 aromatic heterocycles. The highest BCUT2D eigenvalue weighted by Crippen LogP contribution is 2.17. The zero-order chi connectivity index (χ0) is 12.3. The average Bonchev–Trinajstić information content (AvgIpc) is 2.91. The van der Waals surface area contributed by atoms with Crippen molar-refractivity contribution in [2.24, 2.45) is 0 Å². The van der Waals surface area contributed by atoms with Gasteiger partial charge in [0.15, 0.2) is 0 Å². The summed E-state index contributed by atoms with van der Waals surface area (Å²) in [4.78, 5) is 13.9. The van der Waals surface area contributed by atoms with Gasteiger partial charge in [0.2, 0.25) is 0 Å². The van der Waals surface area contributed by atoms with Crippen LogP contribution in [0.5, 0.6) is 0 Å². The van der Waals surface area contributed by atoms with Gasteiger partial charge in [-0.1, -0.05) is 4.49 Å². The smallest absolute Gasteiger partial charge is 0.271 e. The molecule has 2 aromatic rings. The lowest BCUT2D eigenvalue weighted by Gasteiger charge is -2.15. The van der Waals surface area contributed by atoms with E-state index in [0.29, 0.717) is 10.4 Å². The number of nitriles is 1. The molecule has 6 heteroatoms. The second-order valence-electron chi connectivity index (χ2n) is 3.30. The van der Waals surface area contributed by atoms with Crippen molar-refractivity contribution >= 4 is 23.1 Å². The second kappa shape index (κ2) is 4.72. The van der Waals surface area contributed by atoms with Gasteiger partial charge >= 0.3 is 0 Å². The molecule has 17 heavy (non-hydrogen) atoms. The van der Waals surface area contributed by atoms with E-state index in [1.165, 1.54) is 11.1 Å². The van der Waals surface area contributed by atoms with Crippen molar-refractivity contribution in [1.29, 1.82) is 5.26 Å². The van der Waals surface area contributed by atoms with Crippen molar-refractivity contribution in [3.63, 3.8) is 0 Å². The molecule has 0 aliphatic heterocycles. The van der Waals surface area contributed by atoms with Crippen LogP contribution < -0.4 is 4.90 Å². The van der Waals surface area contributed by atoms with Crippen molar-refractivity contribution in [2.45, 2.75) is 0 Å². The average molecular weight is 244 g/mol. The number of anilines is 1. The van der Waals surface area contributed by atoms with E-state index in [9.17, 15) is 4.79 Å². The highest BCUT2D eigenvalue weighted by atomic mass is 32.1. The minimum absolute atomic E-state index is 0.162. The lowest BCUT2D eigenvalue weighted by atomic mass is 10.2. The third kappa shape index (κ3) is 2.29. The Kier molecular flexibility index (Phi) is 3.12. The Hall–Kier alpha value is -2.26. The van der Waals surface area contributed by atoms with E-state index in [1.807, 2.05) is 6.07 Å². The third-order valence-electron chi connectivity index (χ3n) is 2.26. The lowest BCUT2D eigenvalue weighted by Crippen LogP contribution is -2.25. The Balaban J connectivity index is 2.22. The van der Waals surface area contributed by atoms with Crippen LogP contribution in [0.1, 0.15) is 15.2 Å². The Morgan fingerprint density at radius 2 is 2.12 bits per heavy atom. The quantitative estimate of drug-likeness (QED) is 0.806. The molecule has 1 aromatic carbocycles. The SMILES string of the molecule is CN(C(=O)c1cnns1)c1ccc(C#N)cc1. The molecule has 1 amide bonds. The minimum atomic E-state index is -0.162. The molecule has 5 nitrogen and oxygen atoms in total. The molecule has 0 radical (unpaired) electrons. The van der Waals surface area contributed by atoms with Crippen LogP contribution >= 0.6 is 11.5 Å². The highest BCUT2D eigenvalue weighted by Gasteiger charge is 2.15. The van der Waals surface area contributed by atoms with E-state index in [-0.39, 0.29) is 5.91 Å². The molecule has 0 aliphatic carbocycles. The van der Waals surface area contributed by atoms with Gasteiger partial charge < -0.3 is 4.90 Å². The predicted molar refractivity (Wildman–Crippen MR) is 63.8 cm³/mol. The van der Waals surface area contributed by atoms with Gasteiger partial charge in [-0.3, -0.25) is 4.79 Å². The number of benzene rings is 1. The first-order valence-corrected chi connectivity index (χ1v) is 5.55. The summed E-state index contributed by atoms with van der Waals surface area (Å²) in [5, 5.41) is 12.3. The topological polar surface area (TPSA) is 69.9 Å². The number of nitrogens with zero attached hydrogens (tertiary/aromatic N) is 4. The summed E-state index contributed by atoms with van der Waals surface area (Å²) in [7, 11) is 1.67. The zero-order valence-corrected chi connectivity index (χ0v) is 9.81. The molecule has 0 saturated heterocycles. The summed E-state index contributed by atoms with van der Waals surface area (Å²) in [6.45, 7) is 0. The van der Waals surface area contributed by atoms with Gasteiger partial charge in [-0.05, 0) is 35.8 Å². The van der Waals surface area contributed by atoms with E-state index in [1.54, 1.807) is 31.3 Å². The van der Waals surface area contributed by atoms with Crippen molar-refractivity contribution in [1.82, 2.24) is 9.59 Å². The summed E-state index contributed by atoms with van der Waals surface area (Å²) in [5.41, 5.74) is 1.29. The largest absolute Gasteiger partial charge is 0.311 e. The number of carbonyl (C=O) groups is 1. The molecule has 84 valence electrons. The van der Waals surface area contributed by atoms with Crippen LogP contribution in [0, 0.1) is 11.3 Å². The summed E-state index contributed by atoms with van der Waals surface area (Å²) in [5.74, 6) is -0.162. The summed E-state index contributed by atoms with van der Waals surface area (Å²) >= 11 is 1.06. The fourth-order valence-electron chi connectivity index (χ4n) is 1.30. The normalized spacial score (nSPS) is 9.65. The van der Waals surface area contributed by atoms with Crippen LogP contribution in [0.25, 0.3) is 0 Å². The maximum Gasteiger partial charge on any atom is 0.271 e. The summed E-state index contributed by atoms with van der Waals surface area (Å²) in [6.07, 6.45) is 1.44. The van der Waals surface area contributed by atoms with E-state index < -0.39 is 0 Å². The van der Waals surface area contributed by atoms with Crippen molar-refractivity contribution in [2.75, 3.05) is 11.9 Å². The Morgan fingerprint density at radius 1 is 1.41 bits per heavy atom. The first-order chi connectivity index (χ1) is 8.22. The maximum absolute atomic E-state index is 12.0. The second-order valence-corrected chi connectivity index (χ2v) is 4.09. The molecule has 0 saturated carbocycles. The van der Waals surface area contributed by atoms with Crippen molar-refractivity contribution < 1.29 is 4.79 Å². The molecule has 0 bridgehead atoms. The van der Waals surface area contributed by atoms with Crippen LogP contribution in [-0.2, 0) is 0 Å². The first kappa shape index (κ1) is 11.2. The molecule has 0 unspecified atom stereocenters. The Labute approximate surface area is 102 Å². The van der Waals surface area contributed by atoms with E-state index in [2.05, 4.69) is 9.59 Å². The first-order valence-electron chi connectivity index (χ1n) is 4.78. The van der Waals surface area contributed by atoms with Crippen LogP contribution in [-0.4, -0.2) is 22.5 Å². The van der Waals surface area contributed by atoms with Crippen LogP contribution in [0.15, 0.2) is 30.5 Å². The van der Waals surface area contributed by atoms with Crippen molar-refractivity contribution in [3.05, 3.63) is 40.9 Å². The van der Waals surface area contributed by atoms with Gasteiger partial charge in [0.05, 0.1) is 17.8 Å². The van der Waals surface area contributed by atoms with E-state index in [0.717, 1.165) is 17.2 Å². The predicted octanol–water partition coefficient (Wildman–Crippen LogP) is 1.69. The molecular formula is C11H8N4OS. The van der Waals surface area contributed by atoms with E-state index >= 15 is 0 Å². The Bertz CT molecular complexity index is 556. The van der Waals surface area contributed by atoms with E-state index in [4.69, 9.17) is 5.26 Å². The minimum Gasteiger partial charge on any atom is -0.311 e. The molecular weight excluding hydrogens is 236 g/mol. The summed E-state index contributed by atoms with van der Waals surface area (Å²) in [6, 6.07) is 8.82. The zero-order valence-electron chi connectivity index (χ0n) is 8.99. The maximum atomic E-state index is 12.0. The fourth-order valence-corrected chi connectivity index (χ4v) is 1.80. The van der Waals surface area contributed by atoms with Gasteiger partial charge in [0, 0.05) is 12.7 Å². The molecule has 2 rings (SSSR count). The van der Waals surface area contributed by atoms with Crippen molar-refractivity contribution in [3.8, 4) is 6.07 Å².